The molecule has 1 rings (SSSR count). The van der Waals surface area contributed by atoms with Crippen LogP contribution >= 0.6 is 0 Å². The Balaban J connectivity index is 2.54. The molecule has 0 unspecified atom stereocenters. The first-order valence-corrected chi connectivity index (χ1v) is 4.48. The summed E-state index contributed by atoms with van der Waals surface area (Å²) in [6.07, 6.45) is 5.86. The molecule has 0 aliphatic heterocycles. The average molecular weight is 178 g/mol. The highest BCUT2D eigenvalue weighted by molar-refractivity contribution is 5.73. The van der Waals surface area contributed by atoms with Crippen LogP contribution in [0.3, 0.4) is 0 Å². The lowest BCUT2D eigenvalue weighted by molar-refractivity contribution is 0.112. The van der Waals surface area contributed by atoms with Gasteiger partial charge in [0.15, 0.2) is 6.29 Å². The molecule has 0 fully saturated rings. The third-order valence-electron chi connectivity index (χ3n) is 1.81. The summed E-state index contributed by atoms with van der Waals surface area (Å²) < 4.78 is 0. The molecule has 0 N–H and O–H groups in total. The van der Waals surface area contributed by atoms with E-state index < -0.39 is 0 Å². The van der Waals surface area contributed by atoms with E-state index in [2.05, 4.69) is 23.8 Å². The number of carbonyl (C=O) groups is 1. The predicted molar refractivity (Wildman–Crippen MR) is 50.6 cm³/mol. The minimum absolute atomic E-state index is 0.535. The van der Waals surface area contributed by atoms with Crippen LogP contribution in [0.25, 0.3) is 0 Å². The van der Waals surface area contributed by atoms with Crippen molar-refractivity contribution in [2.75, 3.05) is 0 Å². The topological polar surface area (TPSA) is 42.9 Å². The normalized spacial score (nSPS) is 10.4. The number of aromatic nitrogens is 2. The van der Waals surface area contributed by atoms with E-state index >= 15 is 0 Å². The van der Waals surface area contributed by atoms with Crippen LogP contribution in [0.1, 0.15) is 36.5 Å². The van der Waals surface area contributed by atoms with E-state index in [4.69, 9.17) is 0 Å². The second kappa shape index (κ2) is 4.70. The largest absolute Gasteiger partial charge is 0.298 e. The molecular formula is C10H14N2O. The van der Waals surface area contributed by atoms with Crippen molar-refractivity contribution in [2.24, 2.45) is 5.92 Å². The summed E-state index contributed by atoms with van der Waals surface area (Å²) in [5.74, 6) is 1.48. The number of nitrogens with zero attached hydrogens (tertiary/aromatic N) is 2. The second-order valence-electron chi connectivity index (χ2n) is 3.48. The van der Waals surface area contributed by atoms with E-state index in [0.29, 0.717) is 11.5 Å². The highest BCUT2D eigenvalue weighted by atomic mass is 16.1. The highest BCUT2D eigenvalue weighted by Gasteiger charge is 1.99. The van der Waals surface area contributed by atoms with Gasteiger partial charge in [-0.15, -0.1) is 0 Å². The van der Waals surface area contributed by atoms with E-state index in [9.17, 15) is 4.79 Å². The van der Waals surface area contributed by atoms with E-state index in [-0.39, 0.29) is 0 Å². The van der Waals surface area contributed by atoms with Crippen LogP contribution in [-0.2, 0) is 6.42 Å². The molecule has 0 aliphatic carbocycles. The van der Waals surface area contributed by atoms with Crippen LogP contribution in [0.4, 0.5) is 0 Å². The summed E-state index contributed by atoms with van der Waals surface area (Å²) in [5.41, 5.74) is 0.535. The van der Waals surface area contributed by atoms with Crippen molar-refractivity contribution in [1.29, 1.82) is 0 Å². The van der Waals surface area contributed by atoms with Gasteiger partial charge in [0.1, 0.15) is 5.82 Å². The van der Waals surface area contributed by atoms with Crippen molar-refractivity contribution in [3.8, 4) is 0 Å². The fourth-order valence-electron chi connectivity index (χ4n) is 0.972. The smallest absolute Gasteiger partial charge is 0.153 e. The number of hydrogen-bond donors (Lipinski definition) is 0. The van der Waals surface area contributed by atoms with Gasteiger partial charge in [-0.05, 0) is 12.3 Å². The lowest BCUT2D eigenvalue weighted by Gasteiger charge is -2.02. The van der Waals surface area contributed by atoms with Crippen molar-refractivity contribution >= 4 is 6.29 Å². The number of hydrogen-bond acceptors (Lipinski definition) is 3. The van der Waals surface area contributed by atoms with Crippen LogP contribution in [-0.4, -0.2) is 16.3 Å². The first-order valence-electron chi connectivity index (χ1n) is 4.48. The monoisotopic (exact) mass is 178 g/mol. The molecule has 0 radical (unpaired) electrons. The number of aryl methyl sites for hydroxylation is 1. The number of carbonyl (C=O) groups excluding carboxylic acids is 1. The molecule has 1 heterocycles. The summed E-state index contributed by atoms with van der Waals surface area (Å²) in [4.78, 5) is 18.5. The Hall–Kier alpha value is -1.25. The van der Waals surface area contributed by atoms with Crippen LogP contribution in [0, 0.1) is 5.92 Å². The molecule has 0 bridgehead atoms. The Morgan fingerprint density at radius 2 is 2.00 bits per heavy atom. The summed E-state index contributed by atoms with van der Waals surface area (Å²) in [6.45, 7) is 4.33. The molecule has 1 aromatic heterocycles. The van der Waals surface area contributed by atoms with Crippen LogP contribution in [0.5, 0.6) is 0 Å². The van der Waals surface area contributed by atoms with Gasteiger partial charge in [0.25, 0.3) is 0 Å². The maximum absolute atomic E-state index is 10.3. The fourth-order valence-corrected chi connectivity index (χ4v) is 0.972. The minimum Gasteiger partial charge on any atom is -0.298 e. The Bertz CT molecular complexity index is 267. The molecule has 3 nitrogen and oxygen atoms in total. The van der Waals surface area contributed by atoms with E-state index in [1.54, 1.807) is 12.4 Å². The summed E-state index contributed by atoms with van der Waals surface area (Å²) in [6, 6.07) is 0. The summed E-state index contributed by atoms with van der Waals surface area (Å²) in [7, 11) is 0. The molecule has 1 aromatic rings. The van der Waals surface area contributed by atoms with Crippen molar-refractivity contribution in [1.82, 2.24) is 9.97 Å². The van der Waals surface area contributed by atoms with E-state index in [0.717, 1.165) is 25.0 Å². The van der Waals surface area contributed by atoms with E-state index in [1.165, 1.54) is 0 Å². The van der Waals surface area contributed by atoms with Gasteiger partial charge in [-0.25, -0.2) is 9.97 Å². The van der Waals surface area contributed by atoms with Gasteiger partial charge >= 0.3 is 0 Å². The van der Waals surface area contributed by atoms with Crippen molar-refractivity contribution < 1.29 is 4.79 Å². The zero-order valence-corrected chi connectivity index (χ0v) is 8.03. The first kappa shape index (κ1) is 9.84. The zero-order chi connectivity index (χ0) is 9.68. The molecule has 0 atom stereocenters. The van der Waals surface area contributed by atoms with Gasteiger partial charge in [-0.3, -0.25) is 4.79 Å². The molecule has 0 aromatic carbocycles. The lowest BCUT2D eigenvalue weighted by Crippen LogP contribution is -1.98. The highest BCUT2D eigenvalue weighted by Crippen LogP contribution is 2.04. The lowest BCUT2D eigenvalue weighted by atomic mass is 10.1. The molecule has 0 saturated carbocycles. The van der Waals surface area contributed by atoms with Gasteiger partial charge in [0.2, 0.25) is 0 Å². The Labute approximate surface area is 78.2 Å². The standard InChI is InChI=1S/C10H14N2O/c1-8(2)3-4-10-11-5-9(7-13)6-12-10/h5-8H,3-4H2,1-2H3. The van der Waals surface area contributed by atoms with Crippen LogP contribution in [0.2, 0.25) is 0 Å². The van der Waals surface area contributed by atoms with Gasteiger partial charge in [0.05, 0.1) is 5.56 Å². The molecular weight excluding hydrogens is 164 g/mol. The molecule has 70 valence electrons. The fraction of sp³-hybridized carbons (Fsp3) is 0.500. The average Bonchev–Trinajstić information content (AvgIpc) is 2.15. The molecule has 13 heavy (non-hydrogen) atoms. The molecule has 0 amide bonds. The molecule has 0 saturated heterocycles. The van der Waals surface area contributed by atoms with Crippen LogP contribution < -0.4 is 0 Å². The van der Waals surface area contributed by atoms with Gasteiger partial charge in [-0.2, -0.15) is 0 Å². The Morgan fingerprint density at radius 3 is 2.46 bits per heavy atom. The Morgan fingerprint density at radius 1 is 1.38 bits per heavy atom. The zero-order valence-electron chi connectivity index (χ0n) is 8.03. The minimum atomic E-state index is 0.535. The third kappa shape index (κ3) is 3.32. The van der Waals surface area contributed by atoms with Crippen molar-refractivity contribution in [3.05, 3.63) is 23.8 Å². The molecule has 3 heteroatoms. The molecule has 0 aliphatic rings. The third-order valence-corrected chi connectivity index (χ3v) is 1.81. The van der Waals surface area contributed by atoms with Gasteiger partial charge < -0.3 is 0 Å². The quantitative estimate of drug-likeness (QED) is 0.661. The van der Waals surface area contributed by atoms with Crippen molar-refractivity contribution in [2.45, 2.75) is 26.7 Å². The van der Waals surface area contributed by atoms with Gasteiger partial charge in [-0.1, -0.05) is 13.8 Å². The maximum Gasteiger partial charge on any atom is 0.153 e. The van der Waals surface area contributed by atoms with Crippen LogP contribution in [0.15, 0.2) is 12.4 Å². The molecule has 0 spiro atoms. The Kier molecular flexibility index (Phi) is 3.55. The SMILES string of the molecule is CC(C)CCc1ncc(C=O)cn1. The first-order chi connectivity index (χ1) is 6.22. The summed E-state index contributed by atoms with van der Waals surface area (Å²) >= 11 is 0. The van der Waals surface area contributed by atoms with Crippen molar-refractivity contribution in [3.63, 3.8) is 0 Å². The number of aldehydes is 1. The number of rotatable bonds is 4. The van der Waals surface area contributed by atoms with E-state index in [1.807, 2.05) is 0 Å². The summed E-state index contributed by atoms with van der Waals surface area (Å²) in [5, 5.41) is 0. The maximum atomic E-state index is 10.3. The predicted octanol–water partition coefficient (Wildman–Crippen LogP) is 1.88. The van der Waals surface area contributed by atoms with Gasteiger partial charge in [0, 0.05) is 18.8 Å². The second-order valence-corrected chi connectivity index (χ2v) is 3.48.